The van der Waals surface area contributed by atoms with Crippen molar-refractivity contribution < 1.29 is 17.9 Å². The summed E-state index contributed by atoms with van der Waals surface area (Å²) in [5.41, 5.74) is 5.02. The van der Waals surface area contributed by atoms with Crippen LogP contribution in [0.5, 0.6) is 0 Å². The first-order valence-electron chi connectivity index (χ1n) is 5.33. The topological polar surface area (TPSA) is 35.2 Å². The van der Waals surface area contributed by atoms with E-state index in [1.165, 1.54) is 0 Å². The highest BCUT2D eigenvalue weighted by atomic mass is 32.1. The van der Waals surface area contributed by atoms with E-state index in [1.54, 1.807) is 0 Å². The van der Waals surface area contributed by atoms with Crippen LogP contribution in [0.15, 0.2) is 0 Å². The van der Waals surface area contributed by atoms with Crippen molar-refractivity contribution in [2.45, 2.75) is 38.8 Å². The van der Waals surface area contributed by atoms with E-state index in [0.29, 0.717) is 6.61 Å². The molecule has 0 rings (SSSR count). The van der Waals surface area contributed by atoms with Crippen molar-refractivity contribution in [1.29, 1.82) is 0 Å². The molecule has 6 heteroatoms. The molecule has 0 bridgehead atoms. The Morgan fingerprint density at radius 2 is 1.94 bits per heavy atom. The zero-order chi connectivity index (χ0) is 12.6. The number of rotatable bonds is 8. The molecule has 1 unspecified atom stereocenters. The Labute approximate surface area is 99.3 Å². The Hall–Kier alpha value is -0.360. The lowest BCUT2D eigenvalue weighted by Crippen LogP contribution is -2.37. The minimum Gasteiger partial charge on any atom is -0.393 e. The molecule has 96 valence electrons. The van der Waals surface area contributed by atoms with Gasteiger partial charge in [0.1, 0.15) is 5.92 Å². The van der Waals surface area contributed by atoms with E-state index >= 15 is 0 Å². The van der Waals surface area contributed by atoms with Gasteiger partial charge in [0, 0.05) is 6.61 Å². The van der Waals surface area contributed by atoms with Crippen LogP contribution in [-0.2, 0) is 4.74 Å². The molecular weight excluding hydrogens is 239 g/mol. The van der Waals surface area contributed by atoms with Gasteiger partial charge in [-0.1, -0.05) is 38.4 Å². The maximum absolute atomic E-state index is 12.4. The molecule has 2 nitrogen and oxygen atoms in total. The van der Waals surface area contributed by atoms with Crippen LogP contribution in [0.2, 0.25) is 0 Å². The summed E-state index contributed by atoms with van der Waals surface area (Å²) >= 11 is 4.36. The fourth-order valence-corrected chi connectivity index (χ4v) is 1.37. The van der Waals surface area contributed by atoms with Crippen molar-refractivity contribution in [2.75, 3.05) is 13.2 Å². The summed E-state index contributed by atoms with van der Waals surface area (Å²) in [7, 11) is 0. The molecule has 0 aliphatic heterocycles. The lowest BCUT2D eigenvalue weighted by atomic mass is 10.1. The van der Waals surface area contributed by atoms with Gasteiger partial charge in [0.2, 0.25) is 0 Å². The number of hydrogen-bond acceptors (Lipinski definition) is 2. The molecule has 0 aromatic heterocycles. The number of alkyl halides is 3. The predicted octanol–water partition coefficient (Wildman–Crippen LogP) is 3.05. The molecule has 1 atom stereocenters. The second-order valence-corrected chi connectivity index (χ2v) is 4.10. The van der Waals surface area contributed by atoms with E-state index in [9.17, 15) is 13.2 Å². The molecule has 0 radical (unpaired) electrons. The molecule has 0 fully saturated rings. The average Bonchev–Trinajstić information content (AvgIpc) is 2.13. The third-order valence-corrected chi connectivity index (χ3v) is 2.45. The Kier molecular flexibility index (Phi) is 7.66. The number of unbranched alkanes of at least 4 members (excludes halogenated alkanes) is 3. The van der Waals surface area contributed by atoms with Crippen molar-refractivity contribution in [2.24, 2.45) is 11.7 Å². The van der Waals surface area contributed by atoms with Gasteiger partial charge in [0.15, 0.2) is 0 Å². The third kappa shape index (κ3) is 7.00. The molecule has 2 N–H and O–H groups in total. The highest BCUT2D eigenvalue weighted by Gasteiger charge is 2.41. The van der Waals surface area contributed by atoms with Gasteiger partial charge in [-0.25, -0.2) is 0 Å². The molecule has 0 saturated carbocycles. The summed E-state index contributed by atoms with van der Waals surface area (Å²) in [5, 5.41) is 0. The molecule has 0 aliphatic carbocycles. The zero-order valence-electron chi connectivity index (χ0n) is 9.35. The minimum absolute atomic E-state index is 0.329. The van der Waals surface area contributed by atoms with Gasteiger partial charge in [0.25, 0.3) is 0 Å². The normalized spacial score (nSPS) is 13.8. The van der Waals surface area contributed by atoms with E-state index in [2.05, 4.69) is 19.1 Å². The highest BCUT2D eigenvalue weighted by molar-refractivity contribution is 7.80. The molecule has 0 aromatic rings. The van der Waals surface area contributed by atoms with E-state index in [0.717, 1.165) is 25.7 Å². The number of ether oxygens (including phenoxy) is 1. The lowest BCUT2D eigenvalue weighted by molar-refractivity contribution is -0.167. The summed E-state index contributed by atoms with van der Waals surface area (Å²) in [6.45, 7) is 1.92. The van der Waals surface area contributed by atoms with Gasteiger partial charge >= 0.3 is 6.18 Å². The van der Waals surface area contributed by atoms with Crippen LogP contribution >= 0.6 is 12.2 Å². The van der Waals surface area contributed by atoms with Gasteiger partial charge in [-0.2, -0.15) is 13.2 Å². The smallest absolute Gasteiger partial charge is 0.393 e. The van der Waals surface area contributed by atoms with E-state index in [1.807, 2.05) is 0 Å². The Balaban J connectivity index is 3.75. The Bertz CT molecular complexity index is 209. The van der Waals surface area contributed by atoms with E-state index < -0.39 is 23.7 Å². The van der Waals surface area contributed by atoms with E-state index in [4.69, 9.17) is 10.5 Å². The van der Waals surface area contributed by atoms with Crippen molar-refractivity contribution in [3.63, 3.8) is 0 Å². The van der Waals surface area contributed by atoms with Crippen LogP contribution in [0.25, 0.3) is 0 Å². The standard InChI is InChI=1S/C10H18F3NOS/c1-2-3-4-5-6-15-7-8(9(14)16)10(11,12)13/h8H,2-7H2,1H3,(H2,14,16). The SMILES string of the molecule is CCCCCCOCC(C(N)=S)C(F)(F)F. The molecule has 0 saturated heterocycles. The van der Waals surface area contributed by atoms with Crippen LogP contribution in [0.1, 0.15) is 32.6 Å². The van der Waals surface area contributed by atoms with Crippen molar-refractivity contribution >= 4 is 17.2 Å². The lowest BCUT2D eigenvalue weighted by Gasteiger charge is -2.18. The van der Waals surface area contributed by atoms with E-state index in [-0.39, 0.29) is 0 Å². The average molecular weight is 257 g/mol. The summed E-state index contributed by atoms with van der Waals surface area (Å²) in [5.74, 6) is -1.83. The summed E-state index contributed by atoms with van der Waals surface area (Å²) in [6, 6.07) is 0. The Morgan fingerprint density at radius 3 is 2.38 bits per heavy atom. The summed E-state index contributed by atoms with van der Waals surface area (Å²) < 4.78 is 42.0. The number of thiocarbonyl (C=S) groups is 1. The second kappa shape index (κ2) is 7.84. The van der Waals surface area contributed by atoms with Crippen molar-refractivity contribution in [3.8, 4) is 0 Å². The molecule has 0 heterocycles. The first kappa shape index (κ1) is 15.6. The van der Waals surface area contributed by atoms with Gasteiger partial charge in [-0.05, 0) is 6.42 Å². The number of hydrogen-bond donors (Lipinski definition) is 1. The van der Waals surface area contributed by atoms with Gasteiger partial charge < -0.3 is 10.5 Å². The maximum atomic E-state index is 12.4. The van der Waals surface area contributed by atoms with Crippen molar-refractivity contribution in [3.05, 3.63) is 0 Å². The molecule has 0 spiro atoms. The molecule has 16 heavy (non-hydrogen) atoms. The summed E-state index contributed by atoms with van der Waals surface area (Å²) in [6.07, 6.45) is -0.509. The maximum Gasteiger partial charge on any atom is 0.400 e. The fourth-order valence-electron chi connectivity index (χ4n) is 1.17. The molecule has 0 aliphatic rings. The fraction of sp³-hybridized carbons (Fsp3) is 0.900. The van der Waals surface area contributed by atoms with Crippen LogP contribution in [0.3, 0.4) is 0 Å². The number of halogens is 3. The largest absolute Gasteiger partial charge is 0.400 e. The predicted molar refractivity (Wildman–Crippen MR) is 61.3 cm³/mol. The zero-order valence-corrected chi connectivity index (χ0v) is 10.2. The highest BCUT2D eigenvalue weighted by Crippen LogP contribution is 2.26. The van der Waals surface area contributed by atoms with Gasteiger partial charge in [0.05, 0.1) is 11.6 Å². The Morgan fingerprint density at radius 1 is 1.31 bits per heavy atom. The van der Waals surface area contributed by atoms with Gasteiger partial charge in [-0.15, -0.1) is 0 Å². The van der Waals surface area contributed by atoms with Crippen LogP contribution in [0.4, 0.5) is 13.2 Å². The first-order valence-corrected chi connectivity index (χ1v) is 5.74. The second-order valence-electron chi connectivity index (χ2n) is 3.63. The molecule has 0 aromatic carbocycles. The molecular formula is C10H18F3NOS. The van der Waals surface area contributed by atoms with Crippen LogP contribution < -0.4 is 5.73 Å². The number of nitrogens with two attached hydrogens (primary N) is 1. The summed E-state index contributed by atoms with van der Waals surface area (Å²) in [4.78, 5) is -0.555. The third-order valence-electron chi connectivity index (χ3n) is 2.17. The van der Waals surface area contributed by atoms with Crippen molar-refractivity contribution in [1.82, 2.24) is 0 Å². The monoisotopic (exact) mass is 257 g/mol. The quantitative estimate of drug-likeness (QED) is 0.536. The van der Waals surface area contributed by atoms with Gasteiger partial charge in [-0.3, -0.25) is 0 Å². The molecule has 0 amide bonds. The van der Waals surface area contributed by atoms with Crippen LogP contribution in [0, 0.1) is 5.92 Å². The minimum atomic E-state index is -4.41. The first-order chi connectivity index (χ1) is 7.39. The van der Waals surface area contributed by atoms with Crippen LogP contribution in [-0.4, -0.2) is 24.4 Å².